The fraction of sp³-hybridized carbons (Fsp3) is 0.579. The highest BCUT2D eigenvalue weighted by atomic mass is 16.5. The van der Waals surface area contributed by atoms with Crippen molar-refractivity contribution in [3.8, 4) is 0 Å². The van der Waals surface area contributed by atoms with Gasteiger partial charge in [-0.1, -0.05) is 0 Å². The molecule has 0 unspecified atom stereocenters. The molecule has 0 saturated carbocycles. The Hall–Kier alpha value is -2.28. The number of nitrogens with one attached hydrogen (secondary N) is 1. The van der Waals surface area contributed by atoms with Gasteiger partial charge in [0.05, 0.1) is 12.1 Å². The number of carbonyl (C=O) groups is 1. The van der Waals surface area contributed by atoms with E-state index in [1.54, 1.807) is 17.1 Å². The number of nitrogens with zero attached hydrogens (tertiary/aromatic N) is 4. The highest BCUT2D eigenvalue weighted by Crippen LogP contribution is 2.32. The SMILES string of the molecule is Cc1nn(C)c(C)c1CC(=O)NCc1cnc([C@]2(C)CCCCO2)nc1. The lowest BCUT2D eigenvalue weighted by atomic mass is 9.95. The van der Waals surface area contributed by atoms with E-state index >= 15 is 0 Å². The zero-order valence-corrected chi connectivity index (χ0v) is 16.0. The summed E-state index contributed by atoms with van der Waals surface area (Å²) in [5.74, 6) is 0.685. The highest BCUT2D eigenvalue weighted by Gasteiger charge is 2.32. The van der Waals surface area contributed by atoms with Crippen LogP contribution in [0.1, 0.15) is 54.5 Å². The quantitative estimate of drug-likeness (QED) is 0.886. The van der Waals surface area contributed by atoms with Crippen LogP contribution in [0.25, 0.3) is 0 Å². The third-order valence-corrected chi connectivity index (χ3v) is 5.13. The van der Waals surface area contributed by atoms with Crippen LogP contribution in [0, 0.1) is 13.8 Å². The number of hydrogen-bond acceptors (Lipinski definition) is 5. The number of carbonyl (C=O) groups excluding carboxylic acids is 1. The zero-order chi connectivity index (χ0) is 18.7. The molecule has 1 amide bonds. The van der Waals surface area contributed by atoms with Crippen molar-refractivity contribution in [3.63, 3.8) is 0 Å². The Labute approximate surface area is 154 Å². The second-order valence-electron chi connectivity index (χ2n) is 7.18. The topological polar surface area (TPSA) is 81.9 Å². The molecule has 0 radical (unpaired) electrons. The monoisotopic (exact) mass is 357 g/mol. The second-order valence-corrected chi connectivity index (χ2v) is 7.18. The van der Waals surface area contributed by atoms with Crippen molar-refractivity contribution in [2.75, 3.05) is 6.61 Å². The van der Waals surface area contributed by atoms with E-state index in [2.05, 4.69) is 20.4 Å². The summed E-state index contributed by atoms with van der Waals surface area (Å²) in [6, 6.07) is 0. The standard InChI is InChI=1S/C19H27N5O2/c1-13-16(14(2)24(4)23-13)9-17(25)20-10-15-11-21-18(22-12-15)19(3)7-5-6-8-26-19/h11-12H,5-10H2,1-4H3,(H,20,25)/t19-/m0/s1. The molecule has 0 spiro atoms. The third-order valence-electron chi connectivity index (χ3n) is 5.13. The first-order valence-electron chi connectivity index (χ1n) is 9.10. The molecule has 0 aliphatic carbocycles. The minimum Gasteiger partial charge on any atom is -0.367 e. The van der Waals surface area contributed by atoms with Gasteiger partial charge in [-0.05, 0) is 40.0 Å². The fourth-order valence-electron chi connectivity index (χ4n) is 3.33. The summed E-state index contributed by atoms with van der Waals surface area (Å²) < 4.78 is 7.68. The normalized spacial score (nSPS) is 20.2. The van der Waals surface area contributed by atoms with Crippen LogP contribution in [-0.2, 0) is 35.1 Å². The molecule has 1 aliphatic heterocycles. The van der Waals surface area contributed by atoms with Crippen molar-refractivity contribution in [1.29, 1.82) is 0 Å². The van der Waals surface area contributed by atoms with E-state index in [0.717, 1.165) is 48.4 Å². The molecule has 140 valence electrons. The molecule has 1 atom stereocenters. The van der Waals surface area contributed by atoms with Gasteiger partial charge in [-0.15, -0.1) is 0 Å². The largest absolute Gasteiger partial charge is 0.367 e. The van der Waals surface area contributed by atoms with Crippen LogP contribution >= 0.6 is 0 Å². The van der Waals surface area contributed by atoms with Gasteiger partial charge in [0.25, 0.3) is 0 Å². The molecule has 1 aliphatic rings. The van der Waals surface area contributed by atoms with Crippen molar-refractivity contribution in [2.45, 2.75) is 58.6 Å². The van der Waals surface area contributed by atoms with E-state index in [0.29, 0.717) is 18.8 Å². The van der Waals surface area contributed by atoms with Gasteiger partial charge < -0.3 is 10.1 Å². The zero-order valence-electron chi connectivity index (χ0n) is 16.0. The first-order valence-corrected chi connectivity index (χ1v) is 9.10. The van der Waals surface area contributed by atoms with Crippen LogP contribution in [0.3, 0.4) is 0 Å². The number of rotatable bonds is 5. The maximum Gasteiger partial charge on any atom is 0.224 e. The Balaban J connectivity index is 1.57. The lowest BCUT2D eigenvalue weighted by molar-refractivity contribution is -0.120. The number of ether oxygens (including phenoxy) is 1. The number of hydrogen-bond donors (Lipinski definition) is 1. The summed E-state index contributed by atoms with van der Waals surface area (Å²) in [4.78, 5) is 21.2. The van der Waals surface area contributed by atoms with E-state index in [9.17, 15) is 4.79 Å². The van der Waals surface area contributed by atoms with E-state index in [1.807, 2.05) is 27.8 Å². The molecule has 1 saturated heterocycles. The van der Waals surface area contributed by atoms with Gasteiger partial charge >= 0.3 is 0 Å². The van der Waals surface area contributed by atoms with Gasteiger partial charge in [-0.2, -0.15) is 5.10 Å². The molecule has 26 heavy (non-hydrogen) atoms. The summed E-state index contributed by atoms with van der Waals surface area (Å²) in [6.07, 6.45) is 7.03. The minimum atomic E-state index is -0.393. The maximum atomic E-state index is 12.3. The predicted octanol–water partition coefficient (Wildman–Crippen LogP) is 2.10. The Bertz CT molecular complexity index is 776. The van der Waals surface area contributed by atoms with Gasteiger partial charge in [0.15, 0.2) is 5.82 Å². The highest BCUT2D eigenvalue weighted by molar-refractivity contribution is 5.79. The van der Waals surface area contributed by atoms with Gasteiger partial charge in [0.2, 0.25) is 5.91 Å². The first-order chi connectivity index (χ1) is 12.4. The molecule has 2 aromatic rings. The molecule has 2 aromatic heterocycles. The summed E-state index contributed by atoms with van der Waals surface area (Å²) >= 11 is 0. The number of aryl methyl sites for hydroxylation is 2. The molecule has 7 nitrogen and oxygen atoms in total. The minimum absolute atomic E-state index is 0.0316. The van der Waals surface area contributed by atoms with Crippen molar-refractivity contribution in [3.05, 3.63) is 40.7 Å². The first kappa shape index (κ1) is 18.5. The average molecular weight is 357 g/mol. The lowest BCUT2D eigenvalue weighted by Crippen LogP contribution is -2.32. The van der Waals surface area contributed by atoms with Crippen LogP contribution in [0.5, 0.6) is 0 Å². The van der Waals surface area contributed by atoms with Gasteiger partial charge in [-0.25, -0.2) is 9.97 Å². The van der Waals surface area contributed by atoms with E-state index < -0.39 is 5.60 Å². The summed E-state index contributed by atoms with van der Waals surface area (Å²) in [6.45, 7) is 7.11. The van der Waals surface area contributed by atoms with Crippen LogP contribution in [0.15, 0.2) is 12.4 Å². The van der Waals surface area contributed by atoms with Crippen molar-refractivity contribution in [1.82, 2.24) is 25.1 Å². The Morgan fingerprint density at radius 3 is 2.62 bits per heavy atom. The van der Waals surface area contributed by atoms with Gasteiger partial charge in [0, 0.05) is 49.4 Å². The summed E-state index contributed by atoms with van der Waals surface area (Å²) in [7, 11) is 1.89. The number of aromatic nitrogens is 4. The fourth-order valence-corrected chi connectivity index (χ4v) is 3.33. The molecule has 1 N–H and O–H groups in total. The van der Waals surface area contributed by atoms with E-state index in [1.165, 1.54) is 0 Å². The van der Waals surface area contributed by atoms with Crippen molar-refractivity contribution < 1.29 is 9.53 Å². The lowest BCUT2D eigenvalue weighted by Gasteiger charge is -2.32. The van der Waals surface area contributed by atoms with Crippen LogP contribution < -0.4 is 5.32 Å². The molecular weight excluding hydrogens is 330 g/mol. The van der Waals surface area contributed by atoms with Crippen LogP contribution in [0.2, 0.25) is 0 Å². The predicted molar refractivity (Wildman–Crippen MR) is 97.4 cm³/mol. The molecule has 0 bridgehead atoms. The van der Waals surface area contributed by atoms with E-state index in [4.69, 9.17) is 4.74 Å². The van der Waals surface area contributed by atoms with Gasteiger partial charge in [-0.3, -0.25) is 9.48 Å². The molecule has 3 heterocycles. The Kier molecular flexibility index (Phi) is 5.36. The molecule has 7 heteroatoms. The van der Waals surface area contributed by atoms with Gasteiger partial charge in [0.1, 0.15) is 5.60 Å². The average Bonchev–Trinajstić information content (AvgIpc) is 2.87. The van der Waals surface area contributed by atoms with Crippen molar-refractivity contribution in [2.24, 2.45) is 7.05 Å². The molecule has 3 rings (SSSR count). The van der Waals surface area contributed by atoms with Crippen molar-refractivity contribution >= 4 is 5.91 Å². The van der Waals surface area contributed by atoms with Crippen LogP contribution in [0.4, 0.5) is 0 Å². The number of amides is 1. The maximum absolute atomic E-state index is 12.3. The van der Waals surface area contributed by atoms with E-state index in [-0.39, 0.29) is 5.91 Å². The summed E-state index contributed by atoms with van der Waals surface area (Å²) in [5.41, 5.74) is 3.38. The Morgan fingerprint density at radius 2 is 2.04 bits per heavy atom. The Morgan fingerprint density at radius 1 is 1.31 bits per heavy atom. The molecule has 1 fully saturated rings. The summed E-state index contributed by atoms with van der Waals surface area (Å²) in [5, 5.41) is 7.28. The second kappa shape index (κ2) is 7.53. The smallest absolute Gasteiger partial charge is 0.224 e. The molecule has 0 aromatic carbocycles. The third kappa shape index (κ3) is 3.93. The molecular formula is C19H27N5O2. The van der Waals surface area contributed by atoms with Crippen LogP contribution in [-0.4, -0.2) is 32.3 Å².